The summed E-state index contributed by atoms with van der Waals surface area (Å²) in [4.78, 5) is 21.6. The number of amides is 1. The predicted octanol–water partition coefficient (Wildman–Crippen LogP) is 4.37. The zero-order valence-corrected chi connectivity index (χ0v) is 17.6. The van der Waals surface area contributed by atoms with Crippen LogP contribution >= 0.6 is 15.9 Å². The van der Waals surface area contributed by atoms with Gasteiger partial charge in [0.05, 0.1) is 4.47 Å². The number of fused-ring (bicyclic) bond motifs is 1. The second-order valence-electron chi connectivity index (χ2n) is 7.33. The van der Waals surface area contributed by atoms with E-state index in [4.69, 9.17) is 4.42 Å². The molecule has 0 aliphatic carbocycles. The Morgan fingerprint density at radius 3 is 2.79 bits per heavy atom. The lowest BCUT2D eigenvalue weighted by Gasteiger charge is -2.36. The molecule has 1 saturated heterocycles. The summed E-state index contributed by atoms with van der Waals surface area (Å²) in [7, 11) is 1.89. The molecular formula is C22H24BrN3O2. The van der Waals surface area contributed by atoms with E-state index in [1.165, 1.54) is 0 Å². The summed E-state index contributed by atoms with van der Waals surface area (Å²) in [5.41, 5.74) is 1.86. The van der Waals surface area contributed by atoms with Crippen molar-refractivity contribution in [3.8, 4) is 0 Å². The molecule has 0 bridgehead atoms. The van der Waals surface area contributed by atoms with Crippen molar-refractivity contribution in [1.29, 1.82) is 0 Å². The normalized spacial score (nSPS) is 15.8. The standard InChI is InChI=1S/C22H24BrN3O2/c1-25(22(27)20-15-16-5-4-7-19(23)21(16)28-20)18-9-13-26(14-10-18)12-8-17-6-2-3-11-24-17/h2-7,11,15,18H,8-10,12-14H2,1H3. The first-order valence-corrected chi connectivity index (χ1v) is 10.5. The molecule has 4 rings (SSSR count). The van der Waals surface area contributed by atoms with E-state index in [0.717, 1.165) is 60.0 Å². The first-order chi connectivity index (χ1) is 13.6. The number of piperidine rings is 1. The first kappa shape index (κ1) is 19.2. The summed E-state index contributed by atoms with van der Waals surface area (Å²) < 4.78 is 6.69. The number of pyridine rings is 1. The fourth-order valence-electron chi connectivity index (χ4n) is 3.82. The highest BCUT2D eigenvalue weighted by Gasteiger charge is 2.27. The Bertz CT molecular complexity index is 949. The monoisotopic (exact) mass is 441 g/mol. The van der Waals surface area contributed by atoms with Crippen molar-refractivity contribution in [2.45, 2.75) is 25.3 Å². The lowest BCUT2D eigenvalue weighted by molar-refractivity contribution is 0.0615. The van der Waals surface area contributed by atoms with Crippen LogP contribution in [-0.2, 0) is 6.42 Å². The fourth-order valence-corrected chi connectivity index (χ4v) is 4.28. The van der Waals surface area contributed by atoms with Gasteiger partial charge in [-0.2, -0.15) is 0 Å². The van der Waals surface area contributed by atoms with Crippen LogP contribution in [0.25, 0.3) is 11.0 Å². The van der Waals surface area contributed by atoms with Crippen molar-refractivity contribution in [1.82, 2.24) is 14.8 Å². The zero-order valence-electron chi connectivity index (χ0n) is 16.0. The maximum atomic E-state index is 12.9. The van der Waals surface area contributed by atoms with Crippen molar-refractivity contribution in [2.24, 2.45) is 0 Å². The molecule has 0 spiro atoms. The van der Waals surface area contributed by atoms with E-state index in [9.17, 15) is 4.79 Å². The number of halogens is 1. The van der Waals surface area contributed by atoms with Crippen molar-refractivity contribution in [3.05, 3.63) is 64.6 Å². The number of rotatable bonds is 5. The Labute approximate surface area is 173 Å². The third-order valence-electron chi connectivity index (χ3n) is 5.54. The minimum absolute atomic E-state index is 0.0463. The summed E-state index contributed by atoms with van der Waals surface area (Å²) >= 11 is 3.48. The molecule has 28 heavy (non-hydrogen) atoms. The van der Waals surface area contributed by atoms with Crippen LogP contribution < -0.4 is 0 Å². The Balaban J connectivity index is 1.33. The van der Waals surface area contributed by atoms with Gasteiger partial charge in [-0.25, -0.2) is 0 Å². The van der Waals surface area contributed by atoms with Gasteiger partial charge in [0.25, 0.3) is 5.91 Å². The van der Waals surface area contributed by atoms with E-state index in [1.807, 2.05) is 54.5 Å². The van der Waals surface area contributed by atoms with Crippen LogP contribution in [0.15, 0.2) is 57.6 Å². The SMILES string of the molecule is CN(C(=O)c1cc2cccc(Br)c2o1)C1CCN(CCc2ccccn2)CC1. The van der Waals surface area contributed by atoms with Gasteiger partial charge in [0.15, 0.2) is 5.76 Å². The number of carbonyl (C=O) groups is 1. The molecule has 0 unspecified atom stereocenters. The quantitative estimate of drug-likeness (QED) is 0.589. The maximum Gasteiger partial charge on any atom is 0.289 e. The number of benzene rings is 1. The molecule has 1 aromatic carbocycles. The van der Waals surface area contributed by atoms with Crippen molar-refractivity contribution in [3.63, 3.8) is 0 Å². The van der Waals surface area contributed by atoms with E-state index in [1.54, 1.807) is 0 Å². The molecule has 6 heteroatoms. The average Bonchev–Trinajstić information content (AvgIpc) is 3.18. The molecule has 1 aliphatic heterocycles. The first-order valence-electron chi connectivity index (χ1n) is 9.69. The van der Waals surface area contributed by atoms with Crippen LogP contribution in [0.4, 0.5) is 0 Å². The van der Waals surface area contributed by atoms with Gasteiger partial charge in [0.2, 0.25) is 0 Å². The van der Waals surface area contributed by atoms with Crippen LogP contribution in [0, 0.1) is 0 Å². The Morgan fingerprint density at radius 2 is 2.07 bits per heavy atom. The molecule has 1 aliphatic rings. The number of hydrogen-bond acceptors (Lipinski definition) is 4. The molecule has 3 heterocycles. The molecule has 5 nitrogen and oxygen atoms in total. The molecule has 1 amide bonds. The van der Waals surface area contributed by atoms with Crippen LogP contribution in [0.5, 0.6) is 0 Å². The second kappa shape index (κ2) is 8.45. The van der Waals surface area contributed by atoms with Gasteiger partial charge >= 0.3 is 0 Å². The molecule has 0 radical (unpaired) electrons. The van der Waals surface area contributed by atoms with Crippen LogP contribution in [0.3, 0.4) is 0 Å². The number of hydrogen-bond donors (Lipinski definition) is 0. The van der Waals surface area contributed by atoms with Gasteiger partial charge in [-0.05, 0) is 53.0 Å². The molecule has 0 N–H and O–H groups in total. The molecular weight excluding hydrogens is 418 g/mol. The lowest BCUT2D eigenvalue weighted by Crippen LogP contribution is -2.46. The largest absolute Gasteiger partial charge is 0.450 e. The highest BCUT2D eigenvalue weighted by Crippen LogP contribution is 2.28. The summed E-state index contributed by atoms with van der Waals surface area (Å²) in [6.45, 7) is 3.01. The third kappa shape index (κ3) is 4.13. The summed E-state index contributed by atoms with van der Waals surface area (Å²) in [5.74, 6) is 0.358. The van der Waals surface area contributed by atoms with E-state index < -0.39 is 0 Å². The van der Waals surface area contributed by atoms with Gasteiger partial charge in [-0.1, -0.05) is 18.2 Å². The molecule has 0 atom stereocenters. The van der Waals surface area contributed by atoms with Gasteiger partial charge in [-0.15, -0.1) is 0 Å². The van der Waals surface area contributed by atoms with Gasteiger partial charge in [-0.3, -0.25) is 9.78 Å². The lowest BCUT2D eigenvalue weighted by atomic mass is 10.0. The van der Waals surface area contributed by atoms with E-state index in [-0.39, 0.29) is 11.9 Å². The van der Waals surface area contributed by atoms with Crippen LogP contribution in [0.2, 0.25) is 0 Å². The number of aromatic nitrogens is 1. The topological polar surface area (TPSA) is 49.6 Å². The minimum Gasteiger partial charge on any atom is -0.450 e. The number of furan rings is 1. The van der Waals surface area contributed by atoms with E-state index in [0.29, 0.717) is 5.76 Å². The second-order valence-corrected chi connectivity index (χ2v) is 8.18. The van der Waals surface area contributed by atoms with Crippen molar-refractivity contribution >= 4 is 32.8 Å². The average molecular weight is 442 g/mol. The van der Waals surface area contributed by atoms with Crippen LogP contribution in [-0.4, -0.2) is 53.4 Å². The maximum absolute atomic E-state index is 12.9. The molecule has 146 valence electrons. The van der Waals surface area contributed by atoms with Gasteiger partial charge in [0.1, 0.15) is 5.58 Å². The smallest absolute Gasteiger partial charge is 0.289 e. The third-order valence-corrected chi connectivity index (χ3v) is 6.17. The molecule has 3 aromatic rings. The highest BCUT2D eigenvalue weighted by molar-refractivity contribution is 9.10. The Hall–Kier alpha value is -2.18. The fraction of sp³-hybridized carbons (Fsp3) is 0.364. The van der Waals surface area contributed by atoms with E-state index >= 15 is 0 Å². The molecule has 2 aromatic heterocycles. The molecule has 1 fully saturated rings. The predicted molar refractivity (Wildman–Crippen MR) is 113 cm³/mol. The number of carbonyl (C=O) groups excluding carboxylic acids is 1. The zero-order chi connectivity index (χ0) is 19.5. The number of para-hydroxylation sites is 1. The summed E-state index contributed by atoms with van der Waals surface area (Å²) in [5, 5.41) is 0.940. The van der Waals surface area contributed by atoms with E-state index in [2.05, 4.69) is 31.9 Å². The van der Waals surface area contributed by atoms with Gasteiger partial charge < -0.3 is 14.2 Å². The van der Waals surface area contributed by atoms with Gasteiger partial charge in [0, 0.05) is 56.4 Å². The Kier molecular flexibility index (Phi) is 5.78. The minimum atomic E-state index is -0.0463. The van der Waals surface area contributed by atoms with Crippen LogP contribution in [0.1, 0.15) is 29.1 Å². The Morgan fingerprint density at radius 1 is 1.25 bits per heavy atom. The number of likely N-dealkylation sites (tertiary alicyclic amines) is 1. The highest BCUT2D eigenvalue weighted by atomic mass is 79.9. The summed E-state index contributed by atoms with van der Waals surface area (Å²) in [6.07, 6.45) is 4.77. The summed E-state index contributed by atoms with van der Waals surface area (Å²) in [6, 6.07) is 14.0. The number of nitrogens with zero attached hydrogens (tertiary/aromatic N) is 3. The van der Waals surface area contributed by atoms with Crippen molar-refractivity contribution < 1.29 is 9.21 Å². The molecule has 0 saturated carbocycles. The van der Waals surface area contributed by atoms with Crippen molar-refractivity contribution in [2.75, 3.05) is 26.7 Å².